The smallest absolute Gasteiger partial charge is 0.255 e. The normalized spacial score (nSPS) is 11.0. The molecule has 7 heteroatoms. The highest BCUT2D eigenvalue weighted by Gasteiger charge is 2.10. The van der Waals surface area contributed by atoms with Gasteiger partial charge in [-0.15, -0.1) is 0 Å². The van der Waals surface area contributed by atoms with Gasteiger partial charge in [0, 0.05) is 35.5 Å². The van der Waals surface area contributed by atoms with Crippen LogP contribution in [0.4, 0.5) is 5.69 Å². The Bertz CT molecular complexity index is 1030. The number of nitrogens with one attached hydrogen (secondary N) is 1. The molecule has 3 aromatic rings. The highest BCUT2D eigenvalue weighted by atomic mass is 32.2. The third-order valence-corrected chi connectivity index (χ3v) is 4.88. The van der Waals surface area contributed by atoms with Crippen molar-refractivity contribution in [3.63, 3.8) is 0 Å². The van der Waals surface area contributed by atoms with Gasteiger partial charge in [-0.05, 0) is 48.5 Å². The number of ether oxygens (including phenoxy) is 1. The lowest BCUT2D eigenvalue weighted by molar-refractivity contribution is 0.102. The fraction of sp³-hybridized carbons (Fsp3) is 0.100. The average Bonchev–Trinajstić information content (AvgIpc) is 2.67. The number of pyridine rings is 1. The van der Waals surface area contributed by atoms with E-state index in [9.17, 15) is 13.2 Å². The van der Waals surface area contributed by atoms with E-state index in [0.29, 0.717) is 23.6 Å². The molecule has 0 saturated carbocycles. The second-order valence-electron chi connectivity index (χ2n) is 5.93. The first-order valence-electron chi connectivity index (χ1n) is 8.15. The molecule has 0 atom stereocenters. The summed E-state index contributed by atoms with van der Waals surface area (Å²) in [5.41, 5.74) is 1.80. The molecule has 6 nitrogen and oxygen atoms in total. The fourth-order valence-electron chi connectivity index (χ4n) is 2.36. The van der Waals surface area contributed by atoms with Crippen LogP contribution in [0.3, 0.4) is 0 Å². The summed E-state index contributed by atoms with van der Waals surface area (Å²) >= 11 is 0. The molecule has 0 aliphatic rings. The number of rotatable bonds is 6. The second-order valence-corrected chi connectivity index (χ2v) is 7.94. The van der Waals surface area contributed by atoms with Crippen molar-refractivity contribution < 1.29 is 17.9 Å². The van der Waals surface area contributed by atoms with Crippen molar-refractivity contribution in [2.45, 2.75) is 11.5 Å². The number of anilines is 1. The molecular weight excluding hydrogens is 364 g/mol. The van der Waals surface area contributed by atoms with Crippen LogP contribution in [0.25, 0.3) is 0 Å². The Morgan fingerprint density at radius 3 is 2.52 bits per heavy atom. The maximum absolute atomic E-state index is 12.4. The van der Waals surface area contributed by atoms with E-state index in [1.807, 2.05) is 12.1 Å². The molecule has 1 amide bonds. The van der Waals surface area contributed by atoms with Crippen molar-refractivity contribution in [2.75, 3.05) is 11.6 Å². The van der Waals surface area contributed by atoms with E-state index in [1.54, 1.807) is 48.8 Å². The van der Waals surface area contributed by atoms with Gasteiger partial charge in [-0.3, -0.25) is 9.78 Å². The Morgan fingerprint density at radius 2 is 1.85 bits per heavy atom. The zero-order valence-electron chi connectivity index (χ0n) is 14.6. The molecule has 27 heavy (non-hydrogen) atoms. The first-order chi connectivity index (χ1) is 12.9. The van der Waals surface area contributed by atoms with Crippen LogP contribution >= 0.6 is 0 Å². The molecule has 1 heterocycles. The molecule has 1 N–H and O–H groups in total. The molecule has 138 valence electrons. The fourth-order valence-corrected chi connectivity index (χ4v) is 3.03. The van der Waals surface area contributed by atoms with Crippen molar-refractivity contribution in [3.05, 3.63) is 84.2 Å². The molecule has 0 bridgehead atoms. The van der Waals surface area contributed by atoms with E-state index < -0.39 is 9.84 Å². The van der Waals surface area contributed by atoms with Gasteiger partial charge < -0.3 is 10.1 Å². The van der Waals surface area contributed by atoms with Crippen molar-refractivity contribution in [1.82, 2.24) is 4.98 Å². The molecule has 0 radical (unpaired) electrons. The van der Waals surface area contributed by atoms with E-state index in [2.05, 4.69) is 10.3 Å². The first-order valence-corrected chi connectivity index (χ1v) is 10.0. The Hall–Kier alpha value is -3.19. The number of hydrogen-bond acceptors (Lipinski definition) is 5. The van der Waals surface area contributed by atoms with Crippen LogP contribution in [0.5, 0.6) is 5.75 Å². The summed E-state index contributed by atoms with van der Waals surface area (Å²) in [6, 6.07) is 16.6. The van der Waals surface area contributed by atoms with Gasteiger partial charge in [-0.1, -0.05) is 12.1 Å². The molecule has 0 saturated heterocycles. The third-order valence-electron chi connectivity index (χ3n) is 3.76. The molecule has 0 unspecified atom stereocenters. The number of carbonyl (C=O) groups is 1. The van der Waals surface area contributed by atoms with Crippen LogP contribution in [0, 0.1) is 0 Å². The predicted octanol–water partition coefficient (Wildman–Crippen LogP) is 3.32. The van der Waals surface area contributed by atoms with Crippen molar-refractivity contribution in [3.8, 4) is 5.75 Å². The molecule has 0 aliphatic heterocycles. The van der Waals surface area contributed by atoms with E-state index in [4.69, 9.17) is 4.74 Å². The zero-order valence-corrected chi connectivity index (χ0v) is 15.4. The van der Waals surface area contributed by atoms with Crippen LogP contribution in [0.15, 0.2) is 78.0 Å². The standard InChI is InChI=1S/C20H18N2O4S/c1-27(24,25)19-6-2-5-17(12-19)22-20(23)16-7-9-18(10-8-16)26-14-15-4-3-11-21-13-15/h2-13H,14H2,1H3,(H,22,23). The monoisotopic (exact) mass is 382 g/mol. The van der Waals surface area contributed by atoms with Crippen molar-refractivity contribution >= 4 is 21.4 Å². The number of carbonyl (C=O) groups excluding carboxylic acids is 1. The van der Waals surface area contributed by atoms with Gasteiger partial charge in [0.2, 0.25) is 0 Å². The number of benzene rings is 2. The Morgan fingerprint density at radius 1 is 1.07 bits per heavy atom. The van der Waals surface area contributed by atoms with Crippen LogP contribution in [0.1, 0.15) is 15.9 Å². The average molecular weight is 382 g/mol. The van der Waals surface area contributed by atoms with Crippen LogP contribution < -0.4 is 10.1 Å². The number of sulfone groups is 1. The van der Waals surface area contributed by atoms with E-state index >= 15 is 0 Å². The number of amides is 1. The van der Waals surface area contributed by atoms with Crippen molar-refractivity contribution in [2.24, 2.45) is 0 Å². The van der Waals surface area contributed by atoms with Gasteiger partial charge in [-0.2, -0.15) is 0 Å². The minimum Gasteiger partial charge on any atom is -0.489 e. The number of hydrogen-bond donors (Lipinski definition) is 1. The summed E-state index contributed by atoms with van der Waals surface area (Å²) in [5.74, 6) is 0.300. The van der Waals surface area contributed by atoms with E-state index in [1.165, 1.54) is 12.1 Å². The first kappa shape index (κ1) is 18.6. The molecule has 0 aliphatic carbocycles. The van der Waals surface area contributed by atoms with Gasteiger partial charge in [-0.25, -0.2) is 8.42 Å². The Kier molecular flexibility index (Phi) is 5.52. The molecule has 0 fully saturated rings. The maximum atomic E-state index is 12.4. The molecular formula is C20H18N2O4S. The molecule has 1 aromatic heterocycles. The Labute approximate surface area is 157 Å². The maximum Gasteiger partial charge on any atom is 0.255 e. The van der Waals surface area contributed by atoms with Gasteiger partial charge >= 0.3 is 0 Å². The SMILES string of the molecule is CS(=O)(=O)c1cccc(NC(=O)c2ccc(OCc3cccnc3)cc2)c1. The lowest BCUT2D eigenvalue weighted by atomic mass is 10.2. The van der Waals surface area contributed by atoms with E-state index in [0.717, 1.165) is 11.8 Å². The number of nitrogens with zero attached hydrogens (tertiary/aromatic N) is 1. The predicted molar refractivity (Wildman–Crippen MR) is 103 cm³/mol. The topological polar surface area (TPSA) is 85.4 Å². The lowest BCUT2D eigenvalue weighted by Crippen LogP contribution is -2.12. The second kappa shape index (κ2) is 8.01. The summed E-state index contributed by atoms with van der Waals surface area (Å²) in [6.45, 7) is 0.387. The summed E-state index contributed by atoms with van der Waals surface area (Å²) in [4.78, 5) is 16.5. The largest absolute Gasteiger partial charge is 0.489 e. The number of aromatic nitrogens is 1. The van der Waals surface area contributed by atoms with Crippen molar-refractivity contribution in [1.29, 1.82) is 0 Å². The lowest BCUT2D eigenvalue weighted by Gasteiger charge is -2.09. The summed E-state index contributed by atoms with van der Waals surface area (Å²) < 4.78 is 28.9. The minimum atomic E-state index is -3.33. The van der Waals surface area contributed by atoms with Crippen LogP contribution in [-0.4, -0.2) is 25.6 Å². The third kappa shape index (κ3) is 5.15. The molecule has 3 rings (SSSR count). The van der Waals surface area contributed by atoms with Gasteiger partial charge in [0.05, 0.1) is 4.90 Å². The molecule has 2 aromatic carbocycles. The van der Waals surface area contributed by atoms with Gasteiger partial charge in [0.25, 0.3) is 5.91 Å². The van der Waals surface area contributed by atoms with Gasteiger partial charge in [0.1, 0.15) is 12.4 Å². The highest BCUT2D eigenvalue weighted by Crippen LogP contribution is 2.18. The van der Waals surface area contributed by atoms with Crippen LogP contribution in [0.2, 0.25) is 0 Å². The van der Waals surface area contributed by atoms with Crippen LogP contribution in [-0.2, 0) is 16.4 Å². The molecule has 0 spiro atoms. The van der Waals surface area contributed by atoms with E-state index in [-0.39, 0.29) is 10.8 Å². The highest BCUT2D eigenvalue weighted by molar-refractivity contribution is 7.90. The quantitative estimate of drug-likeness (QED) is 0.707. The van der Waals surface area contributed by atoms with Gasteiger partial charge in [0.15, 0.2) is 9.84 Å². The summed E-state index contributed by atoms with van der Waals surface area (Å²) in [7, 11) is -3.33. The zero-order chi connectivity index (χ0) is 19.3. The Balaban J connectivity index is 1.64. The summed E-state index contributed by atoms with van der Waals surface area (Å²) in [6.07, 6.45) is 4.55. The summed E-state index contributed by atoms with van der Waals surface area (Å²) in [5, 5.41) is 2.70. The minimum absolute atomic E-state index is 0.152.